The molecular weight excluding hydrogens is 478 g/mol. The predicted octanol–water partition coefficient (Wildman–Crippen LogP) is 2.56. The molecule has 3 N–H and O–H groups in total. The summed E-state index contributed by atoms with van der Waals surface area (Å²) in [6, 6.07) is 14.6. The van der Waals surface area contributed by atoms with Gasteiger partial charge in [0.15, 0.2) is 0 Å². The van der Waals surface area contributed by atoms with Crippen LogP contribution in [-0.4, -0.2) is 69.4 Å². The number of nitrogens with one attached hydrogen (secondary N) is 2. The highest BCUT2D eigenvalue weighted by Gasteiger charge is 2.41. The number of hydrogen-bond donors (Lipinski definition) is 3. The minimum atomic E-state index is -0.831. The smallest absolute Gasteiger partial charge is 0.410 e. The second kappa shape index (κ2) is 10.5. The van der Waals surface area contributed by atoms with Gasteiger partial charge in [-0.3, -0.25) is 19.4 Å². The maximum Gasteiger partial charge on any atom is 0.410 e. The van der Waals surface area contributed by atoms with Crippen LogP contribution in [0.5, 0.6) is 6.01 Å². The number of carbonyl (C=O) groups excluding carboxylic acids is 3. The molecule has 11 heteroatoms. The highest BCUT2D eigenvalue weighted by atomic mass is 16.6. The van der Waals surface area contributed by atoms with Crippen LogP contribution in [0.25, 0.3) is 11.0 Å². The van der Waals surface area contributed by atoms with Crippen molar-refractivity contribution in [2.75, 3.05) is 20.2 Å². The summed E-state index contributed by atoms with van der Waals surface area (Å²) in [6.45, 7) is 5.81. The van der Waals surface area contributed by atoms with Gasteiger partial charge < -0.3 is 19.7 Å². The zero-order valence-corrected chi connectivity index (χ0v) is 21.2. The molecule has 1 aliphatic rings. The normalized spacial score (nSPS) is 17.5. The number of carbonyl (C=O) groups is 3. The van der Waals surface area contributed by atoms with Gasteiger partial charge in [-0.1, -0.05) is 24.3 Å². The van der Waals surface area contributed by atoms with E-state index >= 15 is 0 Å². The van der Waals surface area contributed by atoms with Crippen molar-refractivity contribution >= 4 is 28.9 Å². The lowest BCUT2D eigenvalue weighted by atomic mass is 10.0. The largest absolute Gasteiger partial charge is 0.468 e. The van der Waals surface area contributed by atoms with E-state index in [1.54, 1.807) is 45.5 Å². The number of nitrogens with zero attached hydrogens (tertiary/aromatic N) is 3. The first-order valence-electron chi connectivity index (χ1n) is 11.9. The summed E-state index contributed by atoms with van der Waals surface area (Å²) >= 11 is 0. The third-order valence-electron chi connectivity index (χ3n) is 6.09. The van der Waals surface area contributed by atoms with Gasteiger partial charge in [-0.25, -0.2) is 10.3 Å². The number of para-hydroxylation sites is 2. The van der Waals surface area contributed by atoms with Crippen LogP contribution in [0.15, 0.2) is 48.5 Å². The first-order valence-corrected chi connectivity index (χ1v) is 11.9. The molecule has 1 aromatic heterocycles. The van der Waals surface area contributed by atoms with Crippen molar-refractivity contribution in [1.82, 2.24) is 25.2 Å². The third-order valence-corrected chi connectivity index (χ3v) is 6.09. The van der Waals surface area contributed by atoms with Gasteiger partial charge in [0, 0.05) is 18.7 Å². The molecule has 1 fully saturated rings. The molecule has 4 rings (SSSR count). The number of hydrogen-bond acceptors (Lipinski definition) is 7. The molecule has 196 valence electrons. The van der Waals surface area contributed by atoms with Crippen molar-refractivity contribution in [2.24, 2.45) is 5.92 Å². The van der Waals surface area contributed by atoms with Gasteiger partial charge in [-0.15, -0.1) is 0 Å². The van der Waals surface area contributed by atoms with E-state index in [1.165, 1.54) is 4.90 Å². The molecule has 0 unspecified atom stereocenters. The first-order chi connectivity index (χ1) is 17.6. The van der Waals surface area contributed by atoms with Crippen molar-refractivity contribution < 1.29 is 29.1 Å². The Labute approximate surface area is 214 Å². The van der Waals surface area contributed by atoms with Gasteiger partial charge in [-0.05, 0) is 50.6 Å². The molecule has 2 heterocycles. The Balaban J connectivity index is 1.45. The maximum atomic E-state index is 13.0. The topological polar surface area (TPSA) is 135 Å². The summed E-state index contributed by atoms with van der Waals surface area (Å²) < 4.78 is 12.8. The Kier molecular flexibility index (Phi) is 7.35. The number of ether oxygens (including phenoxy) is 2. The molecule has 2 atom stereocenters. The minimum absolute atomic E-state index is 0.00584. The second-order valence-corrected chi connectivity index (χ2v) is 9.92. The Morgan fingerprint density at radius 1 is 1.08 bits per heavy atom. The zero-order valence-electron chi connectivity index (χ0n) is 21.2. The molecule has 0 saturated carbocycles. The van der Waals surface area contributed by atoms with Crippen molar-refractivity contribution in [1.29, 1.82) is 0 Å². The number of imidazole rings is 1. The fourth-order valence-corrected chi connectivity index (χ4v) is 4.33. The van der Waals surface area contributed by atoms with E-state index in [9.17, 15) is 14.4 Å². The van der Waals surface area contributed by atoms with Gasteiger partial charge in [0.2, 0.25) is 5.91 Å². The molecular formula is C26H31N5O6. The van der Waals surface area contributed by atoms with E-state index in [4.69, 9.17) is 14.7 Å². The Bertz CT molecular complexity index is 1300. The summed E-state index contributed by atoms with van der Waals surface area (Å²) in [5, 5.41) is 12.0. The van der Waals surface area contributed by atoms with Crippen LogP contribution >= 0.6 is 0 Å². The lowest BCUT2D eigenvalue weighted by Crippen LogP contribution is -2.45. The van der Waals surface area contributed by atoms with E-state index in [1.807, 2.05) is 41.0 Å². The number of aromatic nitrogens is 2. The lowest BCUT2D eigenvalue weighted by molar-refractivity contribution is -0.133. The Hall–Kier alpha value is -4.12. The molecule has 3 amide bonds. The van der Waals surface area contributed by atoms with Crippen LogP contribution in [0.2, 0.25) is 0 Å². The molecule has 2 aromatic carbocycles. The number of likely N-dealkylation sites (tertiary alicyclic amines) is 1. The average molecular weight is 510 g/mol. The Morgan fingerprint density at radius 2 is 1.78 bits per heavy atom. The molecule has 0 spiro atoms. The van der Waals surface area contributed by atoms with E-state index in [-0.39, 0.29) is 13.1 Å². The number of amides is 3. The summed E-state index contributed by atoms with van der Waals surface area (Å²) in [7, 11) is 1.57. The van der Waals surface area contributed by atoms with Crippen LogP contribution in [0.3, 0.4) is 0 Å². The van der Waals surface area contributed by atoms with Crippen LogP contribution in [0.1, 0.15) is 36.7 Å². The van der Waals surface area contributed by atoms with E-state index in [2.05, 4.69) is 10.3 Å². The Morgan fingerprint density at radius 3 is 2.43 bits per heavy atom. The third kappa shape index (κ3) is 5.83. The van der Waals surface area contributed by atoms with Gasteiger partial charge in [0.05, 0.1) is 36.6 Å². The van der Waals surface area contributed by atoms with Crippen LogP contribution in [0.4, 0.5) is 4.79 Å². The standard InChI is InChI=1S/C26H31N5O6/c1-26(2,3)37-25(34)30-14-18(23(33)29-35)20(15-30)27-22(32)17-11-9-16(10-12-17)13-31-21-8-6-5-7-19(21)28-24(31)36-4/h5-12,18,20,35H,13-15H2,1-4H3,(H,27,32)(H,29,33)/t18-,20+/m0/s1. The molecule has 0 aliphatic carbocycles. The quantitative estimate of drug-likeness (QED) is 0.343. The molecule has 1 aliphatic heterocycles. The highest BCUT2D eigenvalue weighted by molar-refractivity contribution is 5.95. The SMILES string of the molecule is COc1nc2ccccc2n1Cc1ccc(C(=O)N[C@@H]2CN(C(=O)OC(C)(C)C)C[C@@H]2C(=O)NO)cc1. The van der Waals surface area contributed by atoms with Gasteiger partial charge in [-0.2, -0.15) is 4.98 Å². The average Bonchev–Trinajstić information content (AvgIpc) is 3.44. The van der Waals surface area contributed by atoms with Crippen LogP contribution < -0.4 is 15.5 Å². The lowest BCUT2D eigenvalue weighted by Gasteiger charge is -2.24. The van der Waals surface area contributed by atoms with Crippen molar-refractivity contribution in [2.45, 2.75) is 39.0 Å². The molecule has 0 radical (unpaired) electrons. The number of fused-ring (bicyclic) bond motifs is 1. The summed E-state index contributed by atoms with van der Waals surface area (Å²) in [5.74, 6) is -1.92. The zero-order chi connectivity index (χ0) is 26.7. The summed E-state index contributed by atoms with van der Waals surface area (Å²) in [5.41, 5.74) is 4.01. The fraction of sp³-hybridized carbons (Fsp3) is 0.385. The predicted molar refractivity (Wildman–Crippen MR) is 134 cm³/mol. The second-order valence-electron chi connectivity index (χ2n) is 9.92. The molecule has 1 saturated heterocycles. The van der Waals surface area contributed by atoms with E-state index < -0.39 is 35.5 Å². The molecule has 37 heavy (non-hydrogen) atoms. The fourth-order valence-electron chi connectivity index (χ4n) is 4.33. The highest BCUT2D eigenvalue weighted by Crippen LogP contribution is 2.24. The maximum absolute atomic E-state index is 13.0. The molecule has 0 bridgehead atoms. The van der Waals surface area contributed by atoms with Crippen LogP contribution in [0, 0.1) is 5.92 Å². The molecule has 3 aromatic rings. The van der Waals surface area contributed by atoms with Crippen LogP contribution in [-0.2, 0) is 16.1 Å². The minimum Gasteiger partial charge on any atom is -0.468 e. The number of rotatable bonds is 6. The first kappa shape index (κ1) is 26.0. The summed E-state index contributed by atoms with van der Waals surface area (Å²) in [6.07, 6.45) is -0.591. The summed E-state index contributed by atoms with van der Waals surface area (Å²) in [4.78, 5) is 43.6. The van der Waals surface area contributed by atoms with E-state index in [0.717, 1.165) is 16.6 Å². The van der Waals surface area contributed by atoms with Gasteiger partial charge in [0.25, 0.3) is 11.9 Å². The van der Waals surface area contributed by atoms with Gasteiger partial charge in [0.1, 0.15) is 5.60 Å². The van der Waals surface area contributed by atoms with Crippen molar-refractivity contribution in [3.8, 4) is 6.01 Å². The van der Waals surface area contributed by atoms with Crippen molar-refractivity contribution in [3.63, 3.8) is 0 Å². The van der Waals surface area contributed by atoms with Gasteiger partial charge >= 0.3 is 6.09 Å². The van der Waals surface area contributed by atoms with Crippen molar-refractivity contribution in [3.05, 3.63) is 59.7 Å². The number of hydroxylamine groups is 1. The number of benzene rings is 2. The monoisotopic (exact) mass is 509 g/mol. The van der Waals surface area contributed by atoms with E-state index in [0.29, 0.717) is 18.1 Å². The number of methoxy groups -OCH3 is 1. The molecule has 11 nitrogen and oxygen atoms in total.